The minimum absolute atomic E-state index is 0.357. The van der Waals surface area contributed by atoms with E-state index in [1.807, 2.05) is 36.4 Å². The third kappa shape index (κ3) is 4.42. The van der Waals surface area contributed by atoms with Crippen LogP contribution in [-0.2, 0) is 0 Å². The van der Waals surface area contributed by atoms with Crippen LogP contribution < -0.4 is 20.2 Å². The Morgan fingerprint density at radius 3 is 2.68 bits per heavy atom. The number of anilines is 1. The Balaban J connectivity index is 1.93. The van der Waals surface area contributed by atoms with Crippen LogP contribution in [0.3, 0.4) is 0 Å². The van der Waals surface area contributed by atoms with Gasteiger partial charge in [-0.3, -0.25) is 5.43 Å². The summed E-state index contributed by atoms with van der Waals surface area (Å²) in [6.45, 7) is 0. The lowest BCUT2D eigenvalue weighted by Crippen LogP contribution is -2.24. The summed E-state index contributed by atoms with van der Waals surface area (Å²) in [5, 5.41) is 7.34. The summed E-state index contributed by atoms with van der Waals surface area (Å²) in [5.41, 5.74) is 3.58. The third-order valence-corrected chi connectivity index (χ3v) is 2.89. The number of methoxy groups -OCH3 is 2. The van der Waals surface area contributed by atoms with E-state index in [-0.39, 0.29) is 0 Å². The number of nitrogens with zero attached hydrogens (tertiary/aromatic N) is 2. The molecule has 0 saturated heterocycles. The van der Waals surface area contributed by atoms with Crippen molar-refractivity contribution in [1.82, 2.24) is 10.4 Å². The van der Waals surface area contributed by atoms with Gasteiger partial charge in [0.1, 0.15) is 5.82 Å². The molecule has 0 radical (unpaired) electrons. The zero-order chi connectivity index (χ0) is 15.8. The first-order valence-electron chi connectivity index (χ1n) is 6.46. The summed E-state index contributed by atoms with van der Waals surface area (Å²) in [4.78, 5) is 4.11. The van der Waals surface area contributed by atoms with Crippen LogP contribution in [0.5, 0.6) is 11.5 Å². The van der Waals surface area contributed by atoms with Crippen LogP contribution in [0.2, 0.25) is 0 Å². The molecule has 1 aromatic heterocycles. The molecule has 22 heavy (non-hydrogen) atoms. The van der Waals surface area contributed by atoms with Crippen LogP contribution in [0.1, 0.15) is 5.56 Å². The smallest absolute Gasteiger partial charge is 0.192 e. The molecule has 0 atom stereocenters. The summed E-state index contributed by atoms with van der Waals surface area (Å²) >= 11 is 5.12. The lowest BCUT2D eigenvalue weighted by molar-refractivity contribution is 0.355. The van der Waals surface area contributed by atoms with Crippen LogP contribution in [0, 0.1) is 0 Å². The number of hydrazone groups is 1. The first kappa shape index (κ1) is 15.7. The summed E-state index contributed by atoms with van der Waals surface area (Å²) < 4.78 is 10.4. The fourth-order valence-corrected chi connectivity index (χ4v) is 1.84. The molecule has 114 valence electrons. The number of thiocarbonyl (C=S) groups is 1. The number of pyridine rings is 1. The van der Waals surface area contributed by atoms with Gasteiger partial charge in [0.25, 0.3) is 0 Å². The van der Waals surface area contributed by atoms with E-state index in [0.717, 1.165) is 5.56 Å². The lowest BCUT2D eigenvalue weighted by atomic mass is 10.2. The molecular formula is C15H16N4O2S. The van der Waals surface area contributed by atoms with E-state index in [2.05, 4.69) is 20.8 Å². The molecule has 0 unspecified atom stereocenters. The summed E-state index contributed by atoms with van der Waals surface area (Å²) in [6.07, 6.45) is 3.31. The van der Waals surface area contributed by atoms with E-state index in [0.29, 0.717) is 22.4 Å². The van der Waals surface area contributed by atoms with E-state index in [9.17, 15) is 0 Å². The van der Waals surface area contributed by atoms with E-state index in [1.165, 1.54) is 0 Å². The second-order valence-electron chi connectivity index (χ2n) is 4.15. The van der Waals surface area contributed by atoms with Crippen molar-refractivity contribution in [3.05, 3.63) is 48.2 Å². The van der Waals surface area contributed by atoms with Gasteiger partial charge in [0.15, 0.2) is 16.6 Å². The number of hydrogen-bond acceptors (Lipinski definition) is 5. The van der Waals surface area contributed by atoms with Crippen LogP contribution in [-0.4, -0.2) is 30.5 Å². The van der Waals surface area contributed by atoms with Crippen molar-refractivity contribution < 1.29 is 9.47 Å². The Morgan fingerprint density at radius 1 is 1.18 bits per heavy atom. The molecule has 0 spiro atoms. The second kappa shape index (κ2) is 7.94. The van der Waals surface area contributed by atoms with Crippen molar-refractivity contribution in [2.24, 2.45) is 5.10 Å². The van der Waals surface area contributed by atoms with Gasteiger partial charge in [0.05, 0.1) is 20.4 Å². The molecule has 0 aliphatic carbocycles. The molecule has 6 nitrogen and oxygen atoms in total. The van der Waals surface area contributed by atoms with Crippen molar-refractivity contribution in [1.29, 1.82) is 0 Å². The van der Waals surface area contributed by atoms with Crippen LogP contribution in [0.4, 0.5) is 5.82 Å². The summed E-state index contributed by atoms with van der Waals surface area (Å²) in [7, 11) is 3.18. The van der Waals surface area contributed by atoms with Crippen LogP contribution in [0.25, 0.3) is 0 Å². The van der Waals surface area contributed by atoms with Crippen LogP contribution >= 0.6 is 12.2 Å². The minimum Gasteiger partial charge on any atom is -0.493 e. The van der Waals surface area contributed by atoms with Gasteiger partial charge < -0.3 is 14.8 Å². The predicted octanol–water partition coefficient (Wildman–Crippen LogP) is 2.42. The molecule has 0 bridgehead atoms. The zero-order valence-electron chi connectivity index (χ0n) is 12.2. The van der Waals surface area contributed by atoms with Crippen LogP contribution in [0.15, 0.2) is 47.7 Å². The average molecular weight is 316 g/mol. The molecule has 1 aromatic carbocycles. The fraction of sp³-hybridized carbons (Fsp3) is 0.133. The lowest BCUT2D eigenvalue weighted by Gasteiger charge is -2.08. The molecular weight excluding hydrogens is 300 g/mol. The highest BCUT2D eigenvalue weighted by atomic mass is 32.1. The van der Waals surface area contributed by atoms with Gasteiger partial charge in [-0.25, -0.2) is 4.98 Å². The van der Waals surface area contributed by atoms with Gasteiger partial charge in [-0.2, -0.15) is 5.10 Å². The Hall–Kier alpha value is -2.67. The van der Waals surface area contributed by atoms with Crippen molar-refractivity contribution in [2.45, 2.75) is 0 Å². The van der Waals surface area contributed by atoms with Gasteiger partial charge in [0, 0.05) is 6.20 Å². The van der Waals surface area contributed by atoms with Crippen molar-refractivity contribution in [2.75, 3.05) is 19.5 Å². The molecule has 2 aromatic rings. The SMILES string of the molecule is COc1ccc(C=NNC(=S)Nc2ccccn2)cc1OC. The number of hydrogen-bond donors (Lipinski definition) is 2. The van der Waals surface area contributed by atoms with E-state index in [4.69, 9.17) is 21.7 Å². The van der Waals surface area contributed by atoms with Crippen molar-refractivity contribution >= 4 is 29.4 Å². The molecule has 7 heteroatoms. The third-order valence-electron chi connectivity index (χ3n) is 2.69. The Morgan fingerprint density at radius 2 is 2.00 bits per heavy atom. The average Bonchev–Trinajstić information content (AvgIpc) is 2.55. The van der Waals surface area contributed by atoms with Gasteiger partial charge in [-0.1, -0.05) is 6.07 Å². The van der Waals surface area contributed by atoms with E-state index in [1.54, 1.807) is 26.6 Å². The van der Waals surface area contributed by atoms with E-state index < -0.39 is 0 Å². The highest BCUT2D eigenvalue weighted by Gasteiger charge is 2.03. The maximum Gasteiger partial charge on any atom is 0.192 e. The number of benzene rings is 1. The molecule has 1 heterocycles. The molecule has 0 aliphatic heterocycles. The monoisotopic (exact) mass is 316 g/mol. The quantitative estimate of drug-likeness (QED) is 0.502. The second-order valence-corrected chi connectivity index (χ2v) is 4.56. The number of nitrogens with one attached hydrogen (secondary N) is 2. The molecule has 0 aliphatic rings. The highest BCUT2D eigenvalue weighted by molar-refractivity contribution is 7.80. The maximum absolute atomic E-state index is 5.23. The number of aromatic nitrogens is 1. The van der Waals surface area contributed by atoms with Gasteiger partial charge in [-0.15, -0.1) is 0 Å². The normalized spacial score (nSPS) is 10.3. The van der Waals surface area contributed by atoms with E-state index >= 15 is 0 Å². The molecule has 0 amide bonds. The molecule has 2 N–H and O–H groups in total. The van der Waals surface area contributed by atoms with Crippen molar-refractivity contribution in [3.63, 3.8) is 0 Å². The Bertz CT molecular complexity index is 662. The number of rotatable bonds is 5. The standard InChI is InChI=1S/C15H16N4O2S/c1-20-12-7-6-11(9-13(12)21-2)10-17-19-15(22)18-14-5-3-4-8-16-14/h3-10H,1-2H3,(H2,16,18,19,22). The Kier molecular flexibility index (Phi) is 5.67. The highest BCUT2D eigenvalue weighted by Crippen LogP contribution is 2.26. The van der Waals surface area contributed by atoms with Crippen molar-refractivity contribution in [3.8, 4) is 11.5 Å². The molecule has 0 fully saturated rings. The minimum atomic E-state index is 0.357. The zero-order valence-corrected chi connectivity index (χ0v) is 13.1. The van der Waals surface area contributed by atoms with Gasteiger partial charge >= 0.3 is 0 Å². The summed E-state index contributed by atoms with van der Waals surface area (Å²) in [5.74, 6) is 1.96. The summed E-state index contributed by atoms with van der Waals surface area (Å²) in [6, 6.07) is 11.0. The largest absolute Gasteiger partial charge is 0.493 e. The molecule has 2 rings (SSSR count). The fourth-order valence-electron chi connectivity index (χ4n) is 1.68. The Labute approximate surface area is 134 Å². The van der Waals surface area contributed by atoms with Gasteiger partial charge in [0.2, 0.25) is 0 Å². The predicted molar refractivity (Wildman–Crippen MR) is 90.7 cm³/mol. The number of ether oxygens (including phenoxy) is 2. The first-order chi connectivity index (χ1) is 10.7. The first-order valence-corrected chi connectivity index (χ1v) is 6.87. The topological polar surface area (TPSA) is 67.8 Å². The van der Waals surface area contributed by atoms with Gasteiger partial charge in [-0.05, 0) is 48.1 Å². The molecule has 0 saturated carbocycles. The maximum atomic E-state index is 5.23.